The summed E-state index contributed by atoms with van der Waals surface area (Å²) in [5.41, 5.74) is 0. The molecule has 2 aliphatic carbocycles. The van der Waals surface area contributed by atoms with Gasteiger partial charge in [-0.05, 0) is 24.7 Å². The molecule has 66 valence electrons. The van der Waals surface area contributed by atoms with E-state index < -0.39 is 23.8 Å². The first-order valence-corrected chi connectivity index (χ1v) is 4.07. The van der Waals surface area contributed by atoms with Crippen molar-refractivity contribution >= 4 is 11.9 Å². The largest absolute Gasteiger partial charge is 0.481 e. The van der Waals surface area contributed by atoms with Gasteiger partial charge in [-0.2, -0.15) is 0 Å². The number of carboxylic acid groups (broad SMARTS) is 2. The SMILES string of the molecule is O=C(O)C1CC2CC2C1C(=O)O. The van der Waals surface area contributed by atoms with E-state index in [0.717, 1.165) is 6.42 Å². The number of carbonyl (C=O) groups is 2. The predicted octanol–water partition coefficient (Wildman–Crippen LogP) is 0.428. The number of hydrogen-bond acceptors (Lipinski definition) is 2. The van der Waals surface area contributed by atoms with E-state index in [4.69, 9.17) is 10.2 Å². The minimum Gasteiger partial charge on any atom is -0.481 e. The molecule has 4 heteroatoms. The van der Waals surface area contributed by atoms with E-state index in [1.165, 1.54) is 0 Å². The second-order valence-corrected chi connectivity index (χ2v) is 3.70. The molecule has 0 spiro atoms. The normalized spacial score (nSPS) is 43.7. The molecule has 0 saturated heterocycles. The second-order valence-electron chi connectivity index (χ2n) is 3.70. The standard InChI is InChI=1S/C8H10O4/c9-7(10)5-2-3-1-4(3)6(5)8(11)12/h3-6H,1-2H2,(H,9,10)(H,11,12). The van der Waals surface area contributed by atoms with E-state index in [1.54, 1.807) is 0 Å². The highest BCUT2D eigenvalue weighted by Gasteiger charge is 2.58. The van der Waals surface area contributed by atoms with Crippen LogP contribution in [0.15, 0.2) is 0 Å². The highest BCUT2D eigenvalue weighted by Crippen LogP contribution is 2.58. The van der Waals surface area contributed by atoms with Gasteiger partial charge < -0.3 is 10.2 Å². The summed E-state index contributed by atoms with van der Waals surface area (Å²) < 4.78 is 0. The molecule has 0 aromatic heterocycles. The van der Waals surface area contributed by atoms with Crippen molar-refractivity contribution in [3.05, 3.63) is 0 Å². The Bertz CT molecular complexity index is 247. The van der Waals surface area contributed by atoms with Crippen molar-refractivity contribution in [2.75, 3.05) is 0 Å². The Morgan fingerprint density at radius 2 is 1.75 bits per heavy atom. The monoisotopic (exact) mass is 170 g/mol. The molecule has 2 saturated carbocycles. The summed E-state index contributed by atoms with van der Waals surface area (Å²) in [6.07, 6.45) is 1.48. The van der Waals surface area contributed by atoms with Crippen LogP contribution in [0.3, 0.4) is 0 Å². The summed E-state index contributed by atoms with van der Waals surface area (Å²) in [4.78, 5) is 21.3. The fourth-order valence-corrected chi connectivity index (χ4v) is 2.36. The number of hydrogen-bond donors (Lipinski definition) is 2. The second kappa shape index (κ2) is 2.21. The van der Waals surface area contributed by atoms with E-state index in [9.17, 15) is 9.59 Å². The molecule has 2 aliphatic rings. The summed E-state index contributed by atoms with van der Waals surface area (Å²) in [6.45, 7) is 0. The number of rotatable bonds is 2. The van der Waals surface area contributed by atoms with Crippen LogP contribution >= 0.6 is 0 Å². The summed E-state index contributed by atoms with van der Waals surface area (Å²) in [7, 11) is 0. The van der Waals surface area contributed by atoms with Gasteiger partial charge in [-0.3, -0.25) is 9.59 Å². The maximum atomic E-state index is 10.7. The fraction of sp³-hybridized carbons (Fsp3) is 0.750. The van der Waals surface area contributed by atoms with Crippen LogP contribution in [0.25, 0.3) is 0 Å². The van der Waals surface area contributed by atoms with Gasteiger partial charge in [0.1, 0.15) is 0 Å². The molecule has 0 heterocycles. The van der Waals surface area contributed by atoms with Crippen molar-refractivity contribution in [1.82, 2.24) is 0 Å². The molecule has 4 atom stereocenters. The first-order chi connectivity index (χ1) is 5.61. The molecular formula is C8H10O4. The summed E-state index contributed by atoms with van der Waals surface area (Å²) in [5, 5.41) is 17.5. The molecule has 0 radical (unpaired) electrons. The predicted molar refractivity (Wildman–Crippen MR) is 38.5 cm³/mol. The lowest BCUT2D eigenvalue weighted by molar-refractivity contribution is -0.153. The van der Waals surface area contributed by atoms with Gasteiger partial charge in [0.2, 0.25) is 0 Å². The Kier molecular flexibility index (Phi) is 1.40. The van der Waals surface area contributed by atoms with Crippen molar-refractivity contribution in [3.63, 3.8) is 0 Å². The maximum Gasteiger partial charge on any atom is 0.307 e. The van der Waals surface area contributed by atoms with Gasteiger partial charge in [0.25, 0.3) is 0 Å². The van der Waals surface area contributed by atoms with Gasteiger partial charge in [0, 0.05) is 0 Å². The highest BCUT2D eigenvalue weighted by molar-refractivity contribution is 5.81. The third-order valence-electron chi connectivity index (χ3n) is 3.03. The number of fused-ring (bicyclic) bond motifs is 1. The van der Waals surface area contributed by atoms with E-state index >= 15 is 0 Å². The average Bonchev–Trinajstić information content (AvgIpc) is 2.60. The van der Waals surface area contributed by atoms with Crippen LogP contribution < -0.4 is 0 Å². The summed E-state index contributed by atoms with van der Waals surface area (Å²) in [6, 6.07) is 0. The van der Waals surface area contributed by atoms with Crippen LogP contribution in [0.1, 0.15) is 12.8 Å². The lowest BCUT2D eigenvalue weighted by atomic mass is 9.91. The molecule has 0 bridgehead atoms. The molecule has 0 aromatic carbocycles. The molecule has 0 aromatic rings. The van der Waals surface area contributed by atoms with Gasteiger partial charge in [0.05, 0.1) is 11.8 Å². The molecule has 12 heavy (non-hydrogen) atoms. The van der Waals surface area contributed by atoms with Gasteiger partial charge in [-0.25, -0.2) is 0 Å². The topological polar surface area (TPSA) is 74.6 Å². The van der Waals surface area contributed by atoms with E-state index in [1.807, 2.05) is 0 Å². The number of aliphatic carboxylic acids is 2. The van der Waals surface area contributed by atoms with Gasteiger partial charge >= 0.3 is 11.9 Å². The Labute approximate surface area is 69.2 Å². The van der Waals surface area contributed by atoms with Gasteiger partial charge in [0.15, 0.2) is 0 Å². The van der Waals surface area contributed by atoms with Crippen molar-refractivity contribution < 1.29 is 19.8 Å². The van der Waals surface area contributed by atoms with Crippen molar-refractivity contribution in [2.45, 2.75) is 12.8 Å². The van der Waals surface area contributed by atoms with Crippen molar-refractivity contribution in [2.24, 2.45) is 23.7 Å². The van der Waals surface area contributed by atoms with E-state index in [-0.39, 0.29) is 5.92 Å². The molecule has 4 unspecified atom stereocenters. The maximum absolute atomic E-state index is 10.7. The third kappa shape index (κ3) is 0.906. The molecule has 4 nitrogen and oxygen atoms in total. The van der Waals surface area contributed by atoms with Crippen molar-refractivity contribution in [3.8, 4) is 0 Å². The Morgan fingerprint density at radius 1 is 1.08 bits per heavy atom. The average molecular weight is 170 g/mol. The summed E-state index contributed by atoms with van der Waals surface area (Å²) >= 11 is 0. The van der Waals surface area contributed by atoms with Crippen LogP contribution in [-0.2, 0) is 9.59 Å². The van der Waals surface area contributed by atoms with Crippen molar-refractivity contribution in [1.29, 1.82) is 0 Å². The zero-order valence-corrected chi connectivity index (χ0v) is 6.43. The summed E-state index contributed by atoms with van der Waals surface area (Å²) in [5.74, 6) is -2.60. The molecular weight excluding hydrogens is 160 g/mol. The first kappa shape index (κ1) is 7.58. The fourth-order valence-electron chi connectivity index (χ4n) is 2.36. The number of carboxylic acids is 2. The van der Waals surface area contributed by atoms with Gasteiger partial charge in [-0.15, -0.1) is 0 Å². The van der Waals surface area contributed by atoms with E-state index in [0.29, 0.717) is 12.3 Å². The molecule has 2 fully saturated rings. The quantitative estimate of drug-likeness (QED) is 0.630. The lowest BCUT2D eigenvalue weighted by Gasteiger charge is -2.13. The molecule has 0 amide bonds. The van der Waals surface area contributed by atoms with E-state index in [2.05, 4.69) is 0 Å². The third-order valence-corrected chi connectivity index (χ3v) is 3.03. The van der Waals surface area contributed by atoms with Crippen LogP contribution in [0.5, 0.6) is 0 Å². The lowest BCUT2D eigenvalue weighted by Crippen LogP contribution is -2.27. The van der Waals surface area contributed by atoms with Crippen LogP contribution in [0.4, 0.5) is 0 Å². The molecule has 2 N–H and O–H groups in total. The smallest absolute Gasteiger partial charge is 0.307 e. The Morgan fingerprint density at radius 3 is 2.17 bits per heavy atom. The molecule has 0 aliphatic heterocycles. The zero-order valence-electron chi connectivity index (χ0n) is 6.43. The zero-order chi connectivity index (χ0) is 8.88. The minimum atomic E-state index is -0.949. The van der Waals surface area contributed by atoms with Crippen LogP contribution in [0, 0.1) is 23.7 Å². The van der Waals surface area contributed by atoms with Crippen LogP contribution in [0.2, 0.25) is 0 Å². The minimum absolute atomic E-state index is 0.156. The highest BCUT2D eigenvalue weighted by atomic mass is 16.4. The van der Waals surface area contributed by atoms with Crippen LogP contribution in [-0.4, -0.2) is 22.2 Å². The molecule has 2 rings (SSSR count). The Hall–Kier alpha value is -1.06. The Balaban J connectivity index is 2.16. The first-order valence-electron chi connectivity index (χ1n) is 4.07. The van der Waals surface area contributed by atoms with Gasteiger partial charge in [-0.1, -0.05) is 0 Å².